The van der Waals surface area contributed by atoms with Crippen LogP contribution in [0.1, 0.15) is 45.4 Å². The van der Waals surface area contributed by atoms with Crippen molar-refractivity contribution in [2.45, 2.75) is 56.7 Å². The van der Waals surface area contributed by atoms with Gasteiger partial charge in [-0.25, -0.2) is 8.42 Å². The average molecular weight is 289 g/mol. The fourth-order valence-corrected chi connectivity index (χ4v) is 5.52. The minimum absolute atomic E-state index is 0.0689. The van der Waals surface area contributed by atoms with Gasteiger partial charge in [-0.15, -0.1) is 0 Å². The minimum atomic E-state index is -2.96. The van der Waals surface area contributed by atoms with Gasteiger partial charge in [0.15, 0.2) is 9.84 Å². The zero-order chi connectivity index (χ0) is 13.7. The highest BCUT2D eigenvalue weighted by molar-refractivity contribution is 7.92. The Hall–Kier alpha value is -0.130. The van der Waals surface area contributed by atoms with Crippen molar-refractivity contribution in [1.82, 2.24) is 5.32 Å². The molecule has 2 atom stereocenters. The molecule has 1 aliphatic heterocycles. The SMILES string of the molecule is CCNC(CS(=O)(=O)C1CCCCC1)C1CCOC1. The van der Waals surface area contributed by atoms with Crippen molar-refractivity contribution in [2.75, 3.05) is 25.5 Å². The fourth-order valence-electron chi connectivity index (χ4n) is 3.30. The van der Waals surface area contributed by atoms with Gasteiger partial charge >= 0.3 is 0 Å². The first kappa shape index (κ1) is 15.3. The standard InChI is InChI=1S/C14H27NO3S/c1-2-15-14(12-8-9-18-10-12)11-19(16,17)13-6-4-3-5-7-13/h12-15H,2-11H2,1H3. The second-order valence-electron chi connectivity index (χ2n) is 5.88. The Morgan fingerprint density at radius 1 is 1.21 bits per heavy atom. The summed E-state index contributed by atoms with van der Waals surface area (Å²) < 4.78 is 30.5. The van der Waals surface area contributed by atoms with Gasteiger partial charge < -0.3 is 10.1 Å². The van der Waals surface area contributed by atoms with E-state index >= 15 is 0 Å². The number of rotatable bonds is 6. The fraction of sp³-hybridized carbons (Fsp3) is 1.00. The van der Waals surface area contributed by atoms with Gasteiger partial charge in [-0.05, 0) is 25.8 Å². The summed E-state index contributed by atoms with van der Waals surface area (Å²) in [6.07, 6.45) is 6.05. The maximum Gasteiger partial charge on any atom is 0.154 e. The number of ether oxygens (including phenoxy) is 1. The molecular formula is C14H27NO3S. The van der Waals surface area contributed by atoms with Crippen LogP contribution in [-0.4, -0.2) is 45.2 Å². The highest BCUT2D eigenvalue weighted by Crippen LogP contribution is 2.26. The Morgan fingerprint density at radius 2 is 1.95 bits per heavy atom. The summed E-state index contributed by atoms with van der Waals surface area (Å²) in [5.74, 6) is 0.651. The lowest BCUT2D eigenvalue weighted by Crippen LogP contribution is -2.44. The molecule has 4 nitrogen and oxygen atoms in total. The Balaban J connectivity index is 1.97. The molecule has 2 rings (SSSR count). The quantitative estimate of drug-likeness (QED) is 0.809. The van der Waals surface area contributed by atoms with E-state index in [0.717, 1.165) is 45.3 Å². The molecule has 0 aromatic carbocycles. The highest BCUT2D eigenvalue weighted by atomic mass is 32.2. The third-order valence-corrected chi connectivity index (χ3v) is 6.78. The van der Waals surface area contributed by atoms with Crippen LogP contribution < -0.4 is 5.32 Å². The van der Waals surface area contributed by atoms with Crippen molar-refractivity contribution in [2.24, 2.45) is 5.92 Å². The minimum Gasteiger partial charge on any atom is -0.381 e. The Kier molecular flexibility index (Phi) is 5.66. The van der Waals surface area contributed by atoms with Crippen molar-refractivity contribution in [3.8, 4) is 0 Å². The number of hydrogen-bond donors (Lipinski definition) is 1. The Bertz CT molecular complexity index is 357. The van der Waals surface area contributed by atoms with Gasteiger partial charge in [0.1, 0.15) is 0 Å². The van der Waals surface area contributed by atoms with E-state index in [-0.39, 0.29) is 11.3 Å². The summed E-state index contributed by atoms with van der Waals surface area (Å²) in [5.41, 5.74) is 0. The molecule has 2 aliphatic rings. The third-order valence-electron chi connectivity index (χ3n) is 4.47. The second-order valence-corrected chi connectivity index (χ2v) is 8.20. The number of nitrogens with one attached hydrogen (secondary N) is 1. The highest BCUT2D eigenvalue weighted by Gasteiger charge is 2.34. The van der Waals surface area contributed by atoms with Gasteiger partial charge in [-0.2, -0.15) is 0 Å². The molecule has 2 unspecified atom stereocenters. The van der Waals surface area contributed by atoms with Crippen molar-refractivity contribution in [3.63, 3.8) is 0 Å². The Labute approximate surface area is 117 Å². The van der Waals surface area contributed by atoms with E-state index in [2.05, 4.69) is 5.32 Å². The van der Waals surface area contributed by atoms with Gasteiger partial charge in [0.2, 0.25) is 0 Å². The van der Waals surface area contributed by atoms with Crippen LogP contribution >= 0.6 is 0 Å². The van der Waals surface area contributed by atoms with E-state index in [9.17, 15) is 8.42 Å². The van der Waals surface area contributed by atoms with Gasteiger partial charge in [-0.1, -0.05) is 26.2 Å². The summed E-state index contributed by atoms with van der Waals surface area (Å²) in [6.45, 7) is 4.34. The molecule has 0 radical (unpaired) electrons. The van der Waals surface area contributed by atoms with Gasteiger partial charge in [0, 0.05) is 18.6 Å². The number of hydrogen-bond acceptors (Lipinski definition) is 4. The second kappa shape index (κ2) is 7.04. The topological polar surface area (TPSA) is 55.4 Å². The molecule has 1 N–H and O–H groups in total. The van der Waals surface area contributed by atoms with Crippen LogP contribution in [-0.2, 0) is 14.6 Å². The summed E-state index contributed by atoms with van der Waals surface area (Å²) >= 11 is 0. The van der Waals surface area contributed by atoms with Crippen molar-refractivity contribution >= 4 is 9.84 Å². The predicted molar refractivity (Wildman–Crippen MR) is 77.1 cm³/mol. The van der Waals surface area contributed by atoms with Crippen LogP contribution in [0.4, 0.5) is 0 Å². The van der Waals surface area contributed by atoms with Gasteiger partial charge in [0.05, 0.1) is 17.6 Å². The summed E-state index contributed by atoms with van der Waals surface area (Å²) in [6, 6.07) is 0.0689. The van der Waals surface area contributed by atoms with Crippen LogP contribution in [0, 0.1) is 5.92 Å². The summed E-state index contributed by atoms with van der Waals surface area (Å²) in [7, 11) is -2.96. The van der Waals surface area contributed by atoms with Crippen LogP contribution in [0.3, 0.4) is 0 Å². The summed E-state index contributed by atoms with van der Waals surface area (Å²) in [4.78, 5) is 0. The smallest absolute Gasteiger partial charge is 0.154 e. The number of sulfone groups is 1. The van der Waals surface area contributed by atoms with E-state index in [1.54, 1.807) is 0 Å². The maximum absolute atomic E-state index is 12.5. The normalized spacial score (nSPS) is 27.5. The van der Waals surface area contributed by atoms with E-state index in [1.165, 1.54) is 6.42 Å². The first-order valence-corrected chi connectivity index (χ1v) is 9.37. The lowest BCUT2D eigenvalue weighted by molar-refractivity contribution is 0.179. The van der Waals surface area contributed by atoms with Crippen molar-refractivity contribution < 1.29 is 13.2 Å². The molecule has 0 spiro atoms. The molecule has 1 saturated heterocycles. The van der Waals surface area contributed by atoms with Crippen LogP contribution in [0.25, 0.3) is 0 Å². The molecule has 5 heteroatoms. The largest absolute Gasteiger partial charge is 0.381 e. The van der Waals surface area contributed by atoms with Crippen molar-refractivity contribution in [3.05, 3.63) is 0 Å². The first-order valence-electron chi connectivity index (χ1n) is 7.66. The van der Waals surface area contributed by atoms with Crippen molar-refractivity contribution in [1.29, 1.82) is 0 Å². The zero-order valence-electron chi connectivity index (χ0n) is 11.9. The predicted octanol–water partition coefficient (Wildman–Crippen LogP) is 1.75. The molecule has 112 valence electrons. The Morgan fingerprint density at radius 3 is 2.53 bits per heavy atom. The maximum atomic E-state index is 12.5. The van der Waals surface area contributed by atoms with Gasteiger partial charge in [-0.3, -0.25) is 0 Å². The lowest BCUT2D eigenvalue weighted by atomic mass is 10.0. The zero-order valence-corrected chi connectivity index (χ0v) is 12.8. The molecular weight excluding hydrogens is 262 g/mol. The molecule has 0 aromatic rings. The molecule has 1 saturated carbocycles. The molecule has 0 amide bonds. The summed E-state index contributed by atoms with van der Waals surface area (Å²) in [5, 5.41) is 3.27. The molecule has 19 heavy (non-hydrogen) atoms. The lowest BCUT2D eigenvalue weighted by Gasteiger charge is -2.27. The van der Waals surface area contributed by atoms with E-state index in [1.807, 2.05) is 6.92 Å². The van der Waals surface area contributed by atoms with Crippen LogP contribution in [0.15, 0.2) is 0 Å². The van der Waals surface area contributed by atoms with Crippen LogP contribution in [0.5, 0.6) is 0 Å². The monoisotopic (exact) mass is 289 g/mol. The molecule has 0 bridgehead atoms. The third kappa shape index (κ3) is 4.17. The first-order chi connectivity index (χ1) is 9.13. The molecule has 1 aliphatic carbocycles. The average Bonchev–Trinajstić information content (AvgIpc) is 2.93. The van der Waals surface area contributed by atoms with E-state index in [4.69, 9.17) is 4.74 Å². The van der Waals surface area contributed by atoms with E-state index < -0.39 is 9.84 Å². The van der Waals surface area contributed by atoms with Crippen LogP contribution in [0.2, 0.25) is 0 Å². The van der Waals surface area contributed by atoms with E-state index in [0.29, 0.717) is 18.3 Å². The van der Waals surface area contributed by atoms with Gasteiger partial charge in [0.25, 0.3) is 0 Å². The molecule has 2 fully saturated rings. The molecule has 0 aromatic heterocycles. The molecule has 1 heterocycles.